The molecule has 0 aliphatic carbocycles. The number of nitrogens with zero attached hydrogens (tertiary/aromatic N) is 6. The average Bonchev–Trinajstić information content (AvgIpc) is 3.39. The lowest BCUT2D eigenvalue weighted by Gasteiger charge is -2.38. The molecule has 0 unspecified atom stereocenters. The number of anilines is 1. The number of hydrogen-bond acceptors (Lipinski definition) is 10. The summed E-state index contributed by atoms with van der Waals surface area (Å²) in [5.41, 5.74) is 1.23. The lowest BCUT2D eigenvalue weighted by Crippen LogP contribution is -2.51. The molecule has 42 heavy (non-hydrogen) atoms. The van der Waals surface area contributed by atoms with E-state index in [0.717, 1.165) is 18.0 Å². The van der Waals surface area contributed by atoms with E-state index in [0.29, 0.717) is 29.6 Å². The van der Waals surface area contributed by atoms with Gasteiger partial charge >= 0.3 is 0 Å². The van der Waals surface area contributed by atoms with E-state index in [4.69, 9.17) is 14.2 Å². The molecule has 5 rings (SSSR count). The zero-order valence-electron chi connectivity index (χ0n) is 23.8. The third-order valence-corrected chi connectivity index (χ3v) is 8.97. The molecule has 3 heterocycles. The maximum Gasteiger partial charge on any atom is 0.225 e. The van der Waals surface area contributed by atoms with Gasteiger partial charge in [0.2, 0.25) is 5.95 Å². The Kier molecular flexibility index (Phi) is 8.69. The van der Waals surface area contributed by atoms with Crippen molar-refractivity contribution in [3.63, 3.8) is 0 Å². The molecular formula is C29H33FN6O5S. The highest BCUT2D eigenvalue weighted by atomic mass is 32.2. The average molecular weight is 597 g/mol. The van der Waals surface area contributed by atoms with Crippen LogP contribution in [0.3, 0.4) is 0 Å². The SMILES string of the molecule is COc1cccc(OC)c1-n1c(CS(=O)(=O)[C@@H]2C[C@H](OC(C)C)CN(c3ncc(F)cn3)C2)nnc1-c1ccccc1. The van der Waals surface area contributed by atoms with Crippen LogP contribution in [0.15, 0.2) is 60.9 Å². The van der Waals surface area contributed by atoms with Crippen molar-refractivity contribution < 1.29 is 27.0 Å². The standard InChI is InChI=1S/C29H33FN6O5S/c1-19(2)41-22-13-23(17-35(16-22)29-31-14-21(30)15-32-29)42(37,38)18-26-33-34-28(20-9-6-5-7-10-20)36(26)27-24(39-3)11-8-12-25(27)40-4/h5-12,14-15,19,22-23H,13,16-18H2,1-4H3/t22-,23+/m0/s1. The summed E-state index contributed by atoms with van der Waals surface area (Å²) < 4.78 is 60.8. The third-order valence-electron chi connectivity index (χ3n) is 6.95. The Bertz CT molecular complexity index is 1590. The summed E-state index contributed by atoms with van der Waals surface area (Å²) in [6.07, 6.45) is 1.87. The lowest BCUT2D eigenvalue weighted by atomic mass is 10.1. The van der Waals surface area contributed by atoms with Gasteiger partial charge in [0.1, 0.15) is 22.9 Å². The van der Waals surface area contributed by atoms with Crippen LogP contribution in [0.4, 0.5) is 10.3 Å². The van der Waals surface area contributed by atoms with E-state index >= 15 is 0 Å². The zero-order chi connectivity index (χ0) is 29.9. The molecule has 1 aliphatic heterocycles. The molecular weight excluding hydrogens is 563 g/mol. The number of rotatable bonds is 10. The molecule has 2 atom stereocenters. The van der Waals surface area contributed by atoms with Gasteiger partial charge in [-0.05, 0) is 32.4 Å². The van der Waals surface area contributed by atoms with E-state index in [1.54, 1.807) is 27.7 Å². The minimum atomic E-state index is -3.85. The Morgan fingerprint density at radius 2 is 1.62 bits per heavy atom. The second-order valence-electron chi connectivity index (χ2n) is 10.2. The highest BCUT2D eigenvalue weighted by Crippen LogP contribution is 2.37. The number of piperidine rings is 1. The van der Waals surface area contributed by atoms with Gasteiger partial charge in [-0.2, -0.15) is 0 Å². The highest BCUT2D eigenvalue weighted by molar-refractivity contribution is 7.91. The van der Waals surface area contributed by atoms with Crippen molar-refractivity contribution in [1.82, 2.24) is 24.7 Å². The van der Waals surface area contributed by atoms with E-state index < -0.39 is 32.8 Å². The molecule has 1 saturated heterocycles. The highest BCUT2D eigenvalue weighted by Gasteiger charge is 2.38. The number of para-hydroxylation sites is 1. The Hall–Kier alpha value is -4.10. The van der Waals surface area contributed by atoms with Crippen molar-refractivity contribution in [3.8, 4) is 28.6 Å². The summed E-state index contributed by atoms with van der Waals surface area (Å²) in [5, 5.41) is 7.94. The number of benzene rings is 2. The molecule has 222 valence electrons. The van der Waals surface area contributed by atoms with Gasteiger partial charge in [-0.15, -0.1) is 10.2 Å². The number of halogens is 1. The van der Waals surface area contributed by atoms with Crippen LogP contribution in [0.2, 0.25) is 0 Å². The second kappa shape index (κ2) is 12.4. The number of ether oxygens (including phenoxy) is 3. The van der Waals surface area contributed by atoms with Crippen LogP contribution in [0.5, 0.6) is 11.5 Å². The molecule has 0 amide bonds. The van der Waals surface area contributed by atoms with Crippen molar-refractivity contribution in [3.05, 3.63) is 72.6 Å². The first-order valence-corrected chi connectivity index (χ1v) is 15.2. The number of hydrogen-bond donors (Lipinski definition) is 0. The lowest BCUT2D eigenvalue weighted by molar-refractivity contribution is 0.00143. The molecule has 11 nitrogen and oxygen atoms in total. The molecule has 4 aromatic rings. The molecule has 1 aliphatic rings. The predicted molar refractivity (Wildman–Crippen MR) is 155 cm³/mol. The first-order valence-electron chi connectivity index (χ1n) is 13.5. The molecule has 0 N–H and O–H groups in total. The fraction of sp³-hybridized carbons (Fsp3) is 0.379. The Morgan fingerprint density at radius 3 is 2.24 bits per heavy atom. The Labute approximate surface area is 244 Å². The number of sulfone groups is 1. The van der Waals surface area contributed by atoms with Crippen LogP contribution in [0.1, 0.15) is 26.1 Å². The van der Waals surface area contributed by atoms with Crippen molar-refractivity contribution in [2.45, 2.75) is 43.5 Å². The van der Waals surface area contributed by atoms with Crippen LogP contribution in [0.25, 0.3) is 17.1 Å². The van der Waals surface area contributed by atoms with Gasteiger partial charge in [0.25, 0.3) is 0 Å². The van der Waals surface area contributed by atoms with Crippen molar-refractivity contribution in [1.29, 1.82) is 0 Å². The normalized spacial score (nSPS) is 17.4. The van der Waals surface area contributed by atoms with Crippen molar-refractivity contribution >= 4 is 15.8 Å². The maximum atomic E-state index is 14.1. The molecule has 2 aromatic carbocycles. The topological polar surface area (TPSA) is 122 Å². The van der Waals surface area contributed by atoms with E-state index in [-0.39, 0.29) is 30.8 Å². The summed E-state index contributed by atoms with van der Waals surface area (Å²) in [5.74, 6) is 0.825. The van der Waals surface area contributed by atoms with Gasteiger partial charge in [0.15, 0.2) is 27.3 Å². The molecule has 0 radical (unpaired) electrons. The monoisotopic (exact) mass is 596 g/mol. The Morgan fingerprint density at radius 1 is 0.952 bits per heavy atom. The zero-order valence-corrected chi connectivity index (χ0v) is 24.7. The van der Waals surface area contributed by atoms with Crippen LogP contribution in [-0.4, -0.2) is 77.9 Å². The van der Waals surface area contributed by atoms with Crippen LogP contribution < -0.4 is 14.4 Å². The quantitative estimate of drug-likeness (QED) is 0.267. The van der Waals surface area contributed by atoms with Crippen LogP contribution >= 0.6 is 0 Å². The van der Waals surface area contributed by atoms with Gasteiger partial charge in [-0.3, -0.25) is 4.57 Å². The van der Waals surface area contributed by atoms with E-state index in [1.807, 2.05) is 44.2 Å². The summed E-state index contributed by atoms with van der Waals surface area (Å²) in [4.78, 5) is 9.88. The molecule has 2 aromatic heterocycles. The van der Waals surface area contributed by atoms with Gasteiger partial charge in [0, 0.05) is 18.7 Å². The molecule has 0 saturated carbocycles. The first kappa shape index (κ1) is 29.4. The summed E-state index contributed by atoms with van der Waals surface area (Å²) in [6, 6.07) is 14.7. The number of methoxy groups -OCH3 is 2. The predicted octanol–water partition coefficient (Wildman–Crippen LogP) is 3.87. The van der Waals surface area contributed by atoms with Crippen molar-refractivity contribution in [2.24, 2.45) is 0 Å². The van der Waals surface area contributed by atoms with Crippen LogP contribution in [-0.2, 0) is 20.3 Å². The molecule has 13 heteroatoms. The smallest absolute Gasteiger partial charge is 0.225 e. The van der Waals surface area contributed by atoms with Crippen LogP contribution in [0, 0.1) is 5.82 Å². The fourth-order valence-electron chi connectivity index (χ4n) is 5.15. The molecule has 0 bridgehead atoms. The van der Waals surface area contributed by atoms with E-state index in [9.17, 15) is 12.8 Å². The number of aromatic nitrogens is 5. The summed E-state index contributed by atoms with van der Waals surface area (Å²) in [6.45, 7) is 4.28. The summed E-state index contributed by atoms with van der Waals surface area (Å²) in [7, 11) is -0.785. The van der Waals surface area contributed by atoms with Crippen molar-refractivity contribution in [2.75, 3.05) is 32.2 Å². The summed E-state index contributed by atoms with van der Waals surface area (Å²) >= 11 is 0. The fourth-order valence-corrected chi connectivity index (χ4v) is 6.85. The van der Waals surface area contributed by atoms with Gasteiger partial charge in [0.05, 0.1) is 44.1 Å². The van der Waals surface area contributed by atoms with Gasteiger partial charge in [-0.1, -0.05) is 36.4 Å². The Balaban J connectivity index is 1.56. The molecule has 0 spiro atoms. The van der Waals surface area contributed by atoms with Gasteiger partial charge in [-0.25, -0.2) is 22.8 Å². The van der Waals surface area contributed by atoms with E-state index in [1.165, 1.54) is 14.2 Å². The maximum absolute atomic E-state index is 14.1. The van der Waals surface area contributed by atoms with Gasteiger partial charge < -0.3 is 19.1 Å². The largest absolute Gasteiger partial charge is 0.494 e. The minimum Gasteiger partial charge on any atom is -0.494 e. The van der Waals surface area contributed by atoms with E-state index in [2.05, 4.69) is 20.2 Å². The second-order valence-corrected chi connectivity index (χ2v) is 12.5. The molecule has 1 fully saturated rings. The first-order chi connectivity index (χ1) is 20.2. The third kappa shape index (κ3) is 6.21. The minimum absolute atomic E-state index is 0.115.